The molecule has 0 unspecified atom stereocenters. The van der Waals surface area contributed by atoms with Gasteiger partial charge in [-0.3, -0.25) is 9.88 Å². The number of carbonyl (C=O) groups is 1. The van der Waals surface area contributed by atoms with Crippen LogP contribution >= 0.6 is 11.6 Å². The Kier molecular flexibility index (Phi) is 3.77. The summed E-state index contributed by atoms with van der Waals surface area (Å²) < 4.78 is 11.3. The minimum atomic E-state index is -0.507. The molecule has 0 spiro atoms. The van der Waals surface area contributed by atoms with Gasteiger partial charge in [-0.15, -0.1) is 0 Å². The van der Waals surface area contributed by atoms with Crippen LogP contribution < -0.4 is 0 Å². The Hall–Kier alpha value is -1.75. The molecule has 0 bridgehead atoms. The molecule has 1 fully saturated rings. The first-order valence-electron chi connectivity index (χ1n) is 7.38. The van der Waals surface area contributed by atoms with Crippen molar-refractivity contribution in [2.45, 2.75) is 45.3 Å². The molecule has 1 aliphatic rings. The summed E-state index contributed by atoms with van der Waals surface area (Å²) in [4.78, 5) is 18.3. The molecule has 1 saturated heterocycles. The Balaban J connectivity index is 1.86. The normalized spacial score (nSPS) is 18.9. The van der Waals surface area contributed by atoms with Crippen molar-refractivity contribution in [1.82, 2.24) is 9.88 Å². The van der Waals surface area contributed by atoms with Crippen molar-refractivity contribution in [3.63, 3.8) is 0 Å². The fourth-order valence-electron chi connectivity index (χ4n) is 2.68. The molecule has 0 aromatic carbocycles. The topological polar surface area (TPSA) is 55.6 Å². The molecule has 0 aliphatic carbocycles. The summed E-state index contributed by atoms with van der Waals surface area (Å²) in [6.45, 7) is 6.26. The van der Waals surface area contributed by atoms with E-state index < -0.39 is 5.60 Å². The summed E-state index contributed by atoms with van der Waals surface area (Å²) in [7, 11) is 0. The molecule has 5 nitrogen and oxygen atoms in total. The molecule has 1 aliphatic heterocycles. The fraction of sp³-hybridized carbons (Fsp3) is 0.500. The van der Waals surface area contributed by atoms with Crippen LogP contribution in [0.4, 0.5) is 4.79 Å². The average molecular weight is 323 g/mol. The second kappa shape index (κ2) is 5.47. The number of nitrogens with zero attached hydrogens (tertiary/aromatic N) is 2. The van der Waals surface area contributed by atoms with Gasteiger partial charge in [0.2, 0.25) is 0 Å². The summed E-state index contributed by atoms with van der Waals surface area (Å²) in [5.41, 5.74) is 0.877. The molecular weight excluding hydrogens is 304 g/mol. The van der Waals surface area contributed by atoms with E-state index in [1.807, 2.05) is 26.8 Å². The van der Waals surface area contributed by atoms with Gasteiger partial charge in [-0.2, -0.15) is 0 Å². The molecule has 118 valence electrons. The number of pyridine rings is 1. The number of carbonyl (C=O) groups excluding carboxylic acids is 1. The standard InChI is InChI=1S/C16H19ClN2O3/c1-16(2,3)22-15(20)19-6-4-5-12(19)14-8-11-13(21-14)7-10(17)9-18-11/h7-9,12H,4-6H2,1-3H3/t12-/m0/s1. The third-order valence-corrected chi connectivity index (χ3v) is 3.77. The van der Waals surface area contributed by atoms with Gasteiger partial charge in [0.05, 0.1) is 11.1 Å². The fourth-order valence-corrected chi connectivity index (χ4v) is 2.83. The van der Waals surface area contributed by atoms with Crippen LogP contribution in [0.25, 0.3) is 11.1 Å². The summed E-state index contributed by atoms with van der Waals surface area (Å²) >= 11 is 5.93. The van der Waals surface area contributed by atoms with Crippen LogP contribution in [0.1, 0.15) is 45.4 Å². The second-order valence-corrected chi connectivity index (χ2v) is 6.95. The van der Waals surface area contributed by atoms with E-state index in [9.17, 15) is 4.79 Å². The number of hydrogen-bond acceptors (Lipinski definition) is 4. The first kappa shape index (κ1) is 15.2. The van der Waals surface area contributed by atoms with Crippen molar-refractivity contribution in [2.24, 2.45) is 0 Å². The number of furan rings is 1. The van der Waals surface area contributed by atoms with Crippen molar-refractivity contribution in [2.75, 3.05) is 6.54 Å². The van der Waals surface area contributed by atoms with Crippen molar-refractivity contribution in [3.05, 3.63) is 29.1 Å². The van der Waals surface area contributed by atoms with Crippen molar-refractivity contribution < 1.29 is 13.9 Å². The van der Waals surface area contributed by atoms with Crippen LogP contribution in [0.2, 0.25) is 5.02 Å². The van der Waals surface area contributed by atoms with Crippen molar-refractivity contribution >= 4 is 28.8 Å². The molecule has 6 heteroatoms. The molecular formula is C16H19ClN2O3. The third kappa shape index (κ3) is 3.04. The predicted octanol–water partition coefficient (Wildman–Crippen LogP) is 4.55. The Morgan fingerprint density at radius 3 is 2.95 bits per heavy atom. The van der Waals surface area contributed by atoms with Crippen molar-refractivity contribution in [1.29, 1.82) is 0 Å². The van der Waals surface area contributed by atoms with Crippen LogP contribution in [0, 0.1) is 0 Å². The minimum absolute atomic E-state index is 0.108. The smallest absolute Gasteiger partial charge is 0.410 e. The molecule has 0 radical (unpaired) electrons. The quantitative estimate of drug-likeness (QED) is 0.772. The summed E-state index contributed by atoms with van der Waals surface area (Å²) in [5.74, 6) is 0.730. The lowest BCUT2D eigenvalue weighted by molar-refractivity contribution is 0.0209. The van der Waals surface area contributed by atoms with E-state index in [0.29, 0.717) is 17.2 Å². The van der Waals surface area contributed by atoms with Crippen LogP contribution in [0.15, 0.2) is 22.7 Å². The van der Waals surface area contributed by atoms with E-state index in [4.69, 9.17) is 20.8 Å². The zero-order chi connectivity index (χ0) is 15.9. The maximum Gasteiger partial charge on any atom is 0.410 e. The molecule has 2 aromatic heterocycles. The SMILES string of the molecule is CC(C)(C)OC(=O)N1CCC[C@H]1c1cc2ncc(Cl)cc2o1. The van der Waals surface area contributed by atoms with Gasteiger partial charge in [0, 0.05) is 24.9 Å². The highest BCUT2D eigenvalue weighted by Crippen LogP contribution is 2.36. The monoisotopic (exact) mass is 322 g/mol. The van der Waals surface area contributed by atoms with E-state index in [2.05, 4.69) is 4.98 Å². The second-order valence-electron chi connectivity index (χ2n) is 6.52. The zero-order valence-corrected chi connectivity index (χ0v) is 13.7. The van der Waals surface area contributed by atoms with Gasteiger partial charge in [0.15, 0.2) is 5.58 Å². The Labute approximate surface area is 134 Å². The first-order chi connectivity index (χ1) is 10.3. The number of aromatic nitrogens is 1. The number of halogens is 1. The van der Waals surface area contributed by atoms with E-state index in [1.165, 1.54) is 0 Å². The molecule has 1 atom stereocenters. The third-order valence-electron chi connectivity index (χ3n) is 3.56. The Morgan fingerprint density at radius 1 is 1.45 bits per heavy atom. The van der Waals surface area contributed by atoms with Crippen LogP contribution in [0.5, 0.6) is 0 Å². The molecule has 1 amide bonds. The lowest BCUT2D eigenvalue weighted by Crippen LogP contribution is -2.36. The lowest BCUT2D eigenvalue weighted by Gasteiger charge is -2.27. The van der Waals surface area contributed by atoms with Crippen LogP contribution in [-0.4, -0.2) is 28.1 Å². The van der Waals surface area contributed by atoms with Gasteiger partial charge in [-0.1, -0.05) is 11.6 Å². The highest BCUT2D eigenvalue weighted by molar-refractivity contribution is 6.31. The average Bonchev–Trinajstić information content (AvgIpc) is 3.01. The van der Waals surface area contributed by atoms with Gasteiger partial charge >= 0.3 is 6.09 Å². The van der Waals surface area contributed by atoms with Crippen LogP contribution in [-0.2, 0) is 4.74 Å². The molecule has 22 heavy (non-hydrogen) atoms. The number of rotatable bonds is 1. The maximum absolute atomic E-state index is 12.3. The first-order valence-corrected chi connectivity index (χ1v) is 7.76. The van der Waals surface area contributed by atoms with Gasteiger partial charge in [-0.25, -0.2) is 4.79 Å². The number of fused-ring (bicyclic) bond motifs is 1. The predicted molar refractivity (Wildman–Crippen MR) is 83.9 cm³/mol. The maximum atomic E-state index is 12.3. The highest BCUT2D eigenvalue weighted by atomic mass is 35.5. The minimum Gasteiger partial charge on any atom is -0.457 e. The van der Waals surface area contributed by atoms with Gasteiger partial charge in [0.1, 0.15) is 16.9 Å². The van der Waals surface area contributed by atoms with E-state index >= 15 is 0 Å². The lowest BCUT2D eigenvalue weighted by atomic mass is 10.1. The Bertz CT molecular complexity index is 705. The van der Waals surface area contributed by atoms with E-state index in [-0.39, 0.29) is 12.1 Å². The van der Waals surface area contributed by atoms with Gasteiger partial charge in [0.25, 0.3) is 0 Å². The molecule has 3 heterocycles. The number of hydrogen-bond donors (Lipinski definition) is 0. The molecule has 0 saturated carbocycles. The zero-order valence-electron chi connectivity index (χ0n) is 12.9. The number of amides is 1. The summed E-state index contributed by atoms with van der Waals surface area (Å²) in [6, 6.07) is 3.50. The molecule has 3 rings (SSSR count). The molecule has 0 N–H and O–H groups in total. The number of ether oxygens (including phenoxy) is 1. The van der Waals surface area contributed by atoms with Crippen molar-refractivity contribution in [3.8, 4) is 0 Å². The Morgan fingerprint density at radius 2 is 2.23 bits per heavy atom. The van der Waals surface area contributed by atoms with Gasteiger partial charge < -0.3 is 9.15 Å². The molecule has 2 aromatic rings. The van der Waals surface area contributed by atoms with E-state index in [1.54, 1.807) is 17.2 Å². The number of likely N-dealkylation sites (tertiary alicyclic amines) is 1. The summed E-state index contributed by atoms with van der Waals surface area (Å²) in [6.07, 6.45) is 3.06. The van der Waals surface area contributed by atoms with E-state index in [0.717, 1.165) is 24.1 Å². The van der Waals surface area contributed by atoms with Crippen LogP contribution in [0.3, 0.4) is 0 Å². The summed E-state index contributed by atoms with van der Waals surface area (Å²) in [5, 5.41) is 0.531. The highest BCUT2D eigenvalue weighted by Gasteiger charge is 2.35. The van der Waals surface area contributed by atoms with Gasteiger partial charge in [-0.05, 0) is 33.6 Å². The largest absolute Gasteiger partial charge is 0.457 e.